The third-order valence-corrected chi connectivity index (χ3v) is 3.70. The predicted molar refractivity (Wildman–Crippen MR) is 89.0 cm³/mol. The van der Waals surface area contributed by atoms with E-state index in [0.29, 0.717) is 12.5 Å². The van der Waals surface area contributed by atoms with Crippen molar-refractivity contribution in [2.24, 2.45) is 5.92 Å². The Morgan fingerprint density at radius 3 is 2.41 bits per heavy atom. The van der Waals surface area contributed by atoms with Gasteiger partial charge in [-0.15, -0.1) is 12.4 Å². The maximum Gasteiger partial charge on any atom is 0.222 e. The molecule has 0 aliphatic carbocycles. The van der Waals surface area contributed by atoms with Crippen molar-refractivity contribution in [2.45, 2.75) is 26.3 Å². The minimum atomic E-state index is -0.275. The van der Waals surface area contributed by atoms with Crippen molar-refractivity contribution in [3.8, 4) is 0 Å². The number of benzene rings is 1. The zero-order chi connectivity index (χ0) is 15.2. The Bertz CT molecular complexity index is 501. The van der Waals surface area contributed by atoms with Crippen LogP contribution in [-0.2, 0) is 9.59 Å². The summed E-state index contributed by atoms with van der Waals surface area (Å²) in [4.78, 5) is 23.4. The van der Waals surface area contributed by atoms with Gasteiger partial charge in [-0.25, -0.2) is 0 Å². The zero-order valence-corrected chi connectivity index (χ0v) is 13.8. The van der Waals surface area contributed by atoms with Gasteiger partial charge in [0.1, 0.15) is 0 Å². The van der Waals surface area contributed by atoms with Gasteiger partial charge < -0.3 is 16.0 Å². The van der Waals surface area contributed by atoms with Crippen molar-refractivity contribution in [1.82, 2.24) is 16.0 Å². The van der Waals surface area contributed by atoms with Crippen molar-refractivity contribution in [3.05, 3.63) is 35.4 Å². The van der Waals surface area contributed by atoms with Crippen LogP contribution in [0.15, 0.2) is 24.3 Å². The average molecular weight is 326 g/mol. The Morgan fingerprint density at radius 2 is 1.91 bits per heavy atom. The van der Waals surface area contributed by atoms with Crippen molar-refractivity contribution in [1.29, 1.82) is 0 Å². The first kappa shape index (κ1) is 18.5. The number of hydrogen-bond donors (Lipinski definition) is 3. The molecule has 1 fully saturated rings. The maximum absolute atomic E-state index is 12.0. The lowest BCUT2D eigenvalue weighted by Gasteiger charge is -2.27. The number of carbonyl (C=O) groups excluding carboxylic acids is 2. The van der Waals surface area contributed by atoms with Gasteiger partial charge in [0.25, 0.3) is 0 Å². The fraction of sp³-hybridized carbons (Fsp3) is 0.500. The number of nitrogens with one attached hydrogen (secondary N) is 3. The number of amides is 2. The average Bonchev–Trinajstić information content (AvgIpc) is 2.36. The van der Waals surface area contributed by atoms with Crippen LogP contribution >= 0.6 is 12.4 Å². The SMILES string of the molecule is CC(=O)NC(CC(=O)NCC1CNC1)c1ccc(C)cc1.Cl. The molecular formula is C16H24ClN3O2. The predicted octanol–water partition coefficient (Wildman–Crippen LogP) is 1.32. The minimum Gasteiger partial charge on any atom is -0.356 e. The van der Waals surface area contributed by atoms with Gasteiger partial charge in [-0.2, -0.15) is 0 Å². The normalized spacial score (nSPS) is 15.2. The topological polar surface area (TPSA) is 70.2 Å². The summed E-state index contributed by atoms with van der Waals surface area (Å²) in [5, 5.41) is 8.96. The molecule has 0 bridgehead atoms. The highest BCUT2D eigenvalue weighted by Gasteiger charge is 2.20. The lowest BCUT2D eigenvalue weighted by molar-refractivity contribution is -0.123. The van der Waals surface area contributed by atoms with E-state index in [-0.39, 0.29) is 36.7 Å². The number of halogens is 1. The van der Waals surface area contributed by atoms with Crippen LogP contribution in [0.25, 0.3) is 0 Å². The molecule has 5 nitrogen and oxygen atoms in total. The van der Waals surface area contributed by atoms with Crippen LogP contribution in [0.5, 0.6) is 0 Å². The van der Waals surface area contributed by atoms with Gasteiger partial charge in [-0.3, -0.25) is 9.59 Å². The molecule has 0 aromatic heterocycles. The molecule has 1 aliphatic heterocycles. The van der Waals surface area contributed by atoms with E-state index in [2.05, 4.69) is 16.0 Å². The smallest absolute Gasteiger partial charge is 0.222 e. The molecule has 2 rings (SSSR count). The first-order valence-corrected chi connectivity index (χ1v) is 7.35. The van der Waals surface area contributed by atoms with E-state index in [1.54, 1.807) is 0 Å². The summed E-state index contributed by atoms with van der Waals surface area (Å²) < 4.78 is 0. The van der Waals surface area contributed by atoms with E-state index >= 15 is 0 Å². The number of aryl methyl sites for hydroxylation is 1. The van der Waals surface area contributed by atoms with E-state index < -0.39 is 0 Å². The Hall–Kier alpha value is -1.59. The summed E-state index contributed by atoms with van der Waals surface area (Å²) in [5.74, 6) is 0.380. The molecule has 0 saturated carbocycles. The Kier molecular flexibility index (Phi) is 7.35. The van der Waals surface area contributed by atoms with Crippen LogP contribution in [0.3, 0.4) is 0 Å². The third kappa shape index (κ3) is 5.66. The van der Waals surface area contributed by atoms with Crippen LogP contribution in [0.1, 0.15) is 30.5 Å². The number of carbonyl (C=O) groups is 2. The van der Waals surface area contributed by atoms with E-state index in [4.69, 9.17) is 0 Å². The molecule has 1 saturated heterocycles. The highest BCUT2D eigenvalue weighted by Crippen LogP contribution is 2.17. The molecule has 1 heterocycles. The molecule has 0 radical (unpaired) electrons. The number of rotatable bonds is 6. The van der Waals surface area contributed by atoms with Gasteiger partial charge in [0.05, 0.1) is 12.5 Å². The van der Waals surface area contributed by atoms with Gasteiger partial charge in [-0.05, 0) is 12.5 Å². The quantitative estimate of drug-likeness (QED) is 0.739. The second-order valence-corrected chi connectivity index (χ2v) is 5.70. The largest absolute Gasteiger partial charge is 0.356 e. The molecule has 2 amide bonds. The lowest BCUT2D eigenvalue weighted by atomic mass is 10.0. The second-order valence-electron chi connectivity index (χ2n) is 5.70. The van der Waals surface area contributed by atoms with Crippen molar-refractivity contribution in [2.75, 3.05) is 19.6 Å². The maximum atomic E-state index is 12.0. The Morgan fingerprint density at radius 1 is 1.27 bits per heavy atom. The van der Waals surface area contributed by atoms with Crippen molar-refractivity contribution < 1.29 is 9.59 Å². The number of hydrogen-bond acceptors (Lipinski definition) is 3. The van der Waals surface area contributed by atoms with Gasteiger partial charge >= 0.3 is 0 Å². The molecule has 1 atom stereocenters. The summed E-state index contributed by atoms with van der Waals surface area (Å²) in [5.41, 5.74) is 2.11. The van der Waals surface area contributed by atoms with Crippen LogP contribution in [0, 0.1) is 12.8 Å². The van der Waals surface area contributed by atoms with E-state index in [9.17, 15) is 9.59 Å². The van der Waals surface area contributed by atoms with Gasteiger partial charge in [0.15, 0.2) is 0 Å². The van der Waals surface area contributed by atoms with Gasteiger partial charge in [0, 0.05) is 32.5 Å². The highest BCUT2D eigenvalue weighted by molar-refractivity contribution is 5.85. The molecule has 1 unspecified atom stereocenters. The second kappa shape index (κ2) is 8.76. The summed E-state index contributed by atoms with van der Waals surface area (Å²) in [7, 11) is 0. The molecule has 1 aromatic carbocycles. The lowest BCUT2D eigenvalue weighted by Crippen LogP contribution is -2.48. The molecule has 22 heavy (non-hydrogen) atoms. The molecule has 1 aromatic rings. The highest BCUT2D eigenvalue weighted by atomic mass is 35.5. The zero-order valence-electron chi connectivity index (χ0n) is 13.0. The molecule has 1 aliphatic rings. The third-order valence-electron chi connectivity index (χ3n) is 3.70. The monoisotopic (exact) mass is 325 g/mol. The Labute approximate surface area is 137 Å². The molecule has 6 heteroatoms. The van der Waals surface area contributed by atoms with Crippen molar-refractivity contribution >= 4 is 24.2 Å². The standard InChI is InChI=1S/C16H23N3O2.ClH/c1-11-3-5-14(6-4-11)15(19-12(2)20)7-16(21)18-10-13-8-17-9-13;/h3-6,13,15,17H,7-10H2,1-2H3,(H,18,21)(H,19,20);1H. The van der Waals surface area contributed by atoms with Crippen LogP contribution in [0.2, 0.25) is 0 Å². The Balaban J connectivity index is 0.00000242. The van der Waals surface area contributed by atoms with Gasteiger partial charge in [-0.1, -0.05) is 29.8 Å². The summed E-state index contributed by atoms with van der Waals surface area (Å²) in [6.07, 6.45) is 0.267. The van der Waals surface area contributed by atoms with Crippen LogP contribution < -0.4 is 16.0 Å². The van der Waals surface area contributed by atoms with Crippen LogP contribution in [-0.4, -0.2) is 31.4 Å². The molecule has 122 valence electrons. The summed E-state index contributed by atoms with van der Waals surface area (Å²) in [6.45, 7) is 6.11. The fourth-order valence-corrected chi connectivity index (χ4v) is 2.30. The summed E-state index contributed by atoms with van der Waals surface area (Å²) in [6, 6.07) is 7.62. The minimum absolute atomic E-state index is 0. The molecule has 3 N–H and O–H groups in total. The first-order valence-electron chi connectivity index (χ1n) is 7.35. The van der Waals surface area contributed by atoms with E-state index in [0.717, 1.165) is 24.2 Å². The summed E-state index contributed by atoms with van der Waals surface area (Å²) >= 11 is 0. The molecular weight excluding hydrogens is 302 g/mol. The van der Waals surface area contributed by atoms with Crippen LogP contribution in [0.4, 0.5) is 0 Å². The van der Waals surface area contributed by atoms with Crippen molar-refractivity contribution in [3.63, 3.8) is 0 Å². The van der Waals surface area contributed by atoms with E-state index in [1.807, 2.05) is 31.2 Å². The fourth-order valence-electron chi connectivity index (χ4n) is 2.30. The van der Waals surface area contributed by atoms with E-state index in [1.165, 1.54) is 6.92 Å². The first-order chi connectivity index (χ1) is 10.0. The van der Waals surface area contributed by atoms with Gasteiger partial charge in [0.2, 0.25) is 11.8 Å². The molecule has 0 spiro atoms.